The zero-order valence-electron chi connectivity index (χ0n) is 17.7. The molecule has 2 aromatic carbocycles. The van der Waals surface area contributed by atoms with Crippen molar-refractivity contribution >= 4 is 39.3 Å². The minimum Gasteiger partial charge on any atom is -0.485 e. The largest absolute Gasteiger partial charge is 0.485 e. The number of rotatable bonds is 7. The number of nitrogens with zero attached hydrogens (tertiary/aromatic N) is 3. The number of hydrogen-bond acceptors (Lipinski definition) is 5. The van der Waals surface area contributed by atoms with E-state index in [-0.39, 0.29) is 11.7 Å². The molecule has 0 unspecified atom stereocenters. The van der Waals surface area contributed by atoms with Crippen LogP contribution in [-0.2, 0) is 18.4 Å². The first-order chi connectivity index (χ1) is 14.2. The van der Waals surface area contributed by atoms with Crippen LogP contribution in [0.1, 0.15) is 28.1 Å². The van der Waals surface area contributed by atoms with Crippen molar-refractivity contribution in [3.8, 4) is 5.75 Å². The molecule has 3 aromatic rings. The molecule has 0 bridgehead atoms. The van der Waals surface area contributed by atoms with Gasteiger partial charge in [-0.3, -0.25) is 4.79 Å². The van der Waals surface area contributed by atoms with Crippen LogP contribution in [0.5, 0.6) is 5.75 Å². The average molecular weight is 489 g/mol. The summed E-state index contributed by atoms with van der Waals surface area (Å²) >= 11 is 4.85. The van der Waals surface area contributed by atoms with Gasteiger partial charge < -0.3 is 14.6 Å². The third-order valence-electron chi connectivity index (χ3n) is 4.80. The maximum atomic E-state index is 12.4. The molecule has 0 aliphatic rings. The van der Waals surface area contributed by atoms with Gasteiger partial charge in [-0.2, -0.15) is 0 Å². The summed E-state index contributed by atoms with van der Waals surface area (Å²) in [4.78, 5) is 12.4. The lowest BCUT2D eigenvalue weighted by atomic mass is 10.1. The van der Waals surface area contributed by atoms with Crippen LogP contribution >= 0.6 is 27.7 Å². The lowest BCUT2D eigenvalue weighted by Crippen LogP contribution is -2.15. The molecular weight excluding hydrogens is 464 g/mol. The lowest BCUT2D eigenvalue weighted by molar-refractivity contribution is -0.113. The summed E-state index contributed by atoms with van der Waals surface area (Å²) < 4.78 is 8.62. The van der Waals surface area contributed by atoms with Crippen molar-refractivity contribution in [2.75, 3.05) is 11.1 Å². The van der Waals surface area contributed by atoms with Crippen molar-refractivity contribution in [1.29, 1.82) is 0 Å². The third-order valence-corrected chi connectivity index (χ3v) is 6.48. The zero-order chi connectivity index (χ0) is 21.8. The molecule has 8 heteroatoms. The molecule has 1 aromatic heterocycles. The molecule has 158 valence electrons. The molecule has 0 atom stereocenters. The van der Waals surface area contributed by atoms with Crippen LogP contribution in [0.25, 0.3) is 0 Å². The number of anilines is 1. The number of nitrogens with one attached hydrogen (secondary N) is 1. The van der Waals surface area contributed by atoms with Gasteiger partial charge >= 0.3 is 0 Å². The second kappa shape index (κ2) is 9.66. The Bertz CT molecular complexity index is 1080. The van der Waals surface area contributed by atoms with Crippen LogP contribution in [0.15, 0.2) is 40.0 Å². The van der Waals surface area contributed by atoms with Gasteiger partial charge in [-0.15, -0.1) is 10.2 Å². The molecule has 0 aliphatic heterocycles. The predicted molar refractivity (Wildman–Crippen MR) is 124 cm³/mol. The van der Waals surface area contributed by atoms with E-state index in [1.165, 1.54) is 22.9 Å². The molecule has 0 radical (unpaired) electrons. The van der Waals surface area contributed by atoms with Crippen LogP contribution in [0.3, 0.4) is 0 Å². The van der Waals surface area contributed by atoms with Gasteiger partial charge in [0, 0.05) is 11.5 Å². The summed E-state index contributed by atoms with van der Waals surface area (Å²) in [7, 11) is 1.88. The Kier molecular flexibility index (Phi) is 7.20. The Morgan fingerprint density at radius 3 is 2.57 bits per heavy atom. The first-order valence-electron chi connectivity index (χ1n) is 9.52. The predicted octanol–water partition coefficient (Wildman–Crippen LogP) is 5.12. The minimum atomic E-state index is -0.0972. The first kappa shape index (κ1) is 22.4. The van der Waals surface area contributed by atoms with Gasteiger partial charge in [0.15, 0.2) is 11.0 Å². The van der Waals surface area contributed by atoms with Crippen LogP contribution in [0.2, 0.25) is 0 Å². The maximum Gasteiger partial charge on any atom is 0.234 e. The molecule has 3 rings (SSSR count). The number of aromatic nitrogens is 3. The van der Waals surface area contributed by atoms with E-state index in [1.807, 2.05) is 56.7 Å². The quantitative estimate of drug-likeness (QED) is 0.467. The summed E-state index contributed by atoms with van der Waals surface area (Å²) in [5.41, 5.74) is 5.35. The number of thioether (sulfide) groups is 1. The summed E-state index contributed by atoms with van der Waals surface area (Å²) in [5.74, 6) is 1.68. The van der Waals surface area contributed by atoms with Crippen LogP contribution in [0, 0.1) is 27.7 Å². The van der Waals surface area contributed by atoms with E-state index >= 15 is 0 Å². The third kappa shape index (κ3) is 5.43. The highest BCUT2D eigenvalue weighted by Crippen LogP contribution is 2.27. The molecule has 0 saturated heterocycles. The van der Waals surface area contributed by atoms with E-state index in [0.717, 1.165) is 27.0 Å². The molecule has 30 heavy (non-hydrogen) atoms. The Morgan fingerprint density at radius 1 is 1.10 bits per heavy atom. The number of ether oxygens (including phenoxy) is 1. The topological polar surface area (TPSA) is 69.0 Å². The molecule has 1 heterocycles. The van der Waals surface area contributed by atoms with Crippen LogP contribution in [-0.4, -0.2) is 26.4 Å². The fourth-order valence-electron chi connectivity index (χ4n) is 2.89. The highest BCUT2D eigenvalue weighted by Gasteiger charge is 2.14. The van der Waals surface area contributed by atoms with Crippen molar-refractivity contribution in [3.63, 3.8) is 0 Å². The highest BCUT2D eigenvalue weighted by molar-refractivity contribution is 9.10. The summed E-state index contributed by atoms with van der Waals surface area (Å²) in [6.45, 7) is 8.45. The summed E-state index contributed by atoms with van der Waals surface area (Å²) in [6, 6.07) is 10.0. The lowest BCUT2D eigenvalue weighted by Gasteiger charge is -2.11. The van der Waals surface area contributed by atoms with E-state index in [2.05, 4.69) is 44.4 Å². The minimum absolute atomic E-state index is 0.0972. The van der Waals surface area contributed by atoms with Crippen molar-refractivity contribution in [3.05, 3.63) is 62.9 Å². The van der Waals surface area contributed by atoms with Gasteiger partial charge in [0.25, 0.3) is 0 Å². The van der Waals surface area contributed by atoms with Gasteiger partial charge in [0.05, 0.1) is 11.4 Å². The van der Waals surface area contributed by atoms with Gasteiger partial charge in [-0.25, -0.2) is 0 Å². The maximum absolute atomic E-state index is 12.4. The number of halogens is 1. The smallest absolute Gasteiger partial charge is 0.234 e. The second-order valence-corrected chi connectivity index (χ2v) is 9.07. The number of benzene rings is 2. The van der Waals surface area contributed by atoms with Crippen molar-refractivity contribution in [2.24, 2.45) is 7.05 Å². The SMILES string of the molecule is Cc1ccc(OCc2nnc(SCC(=O)Nc3cc(C)c(C)cc3Br)n2C)c(C)c1. The van der Waals surface area contributed by atoms with Crippen molar-refractivity contribution in [1.82, 2.24) is 14.8 Å². The van der Waals surface area contributed by atoms with E-state index in [0.29, 0.717) is 17.6 Å². The van der Waals surface area contributed by atoms with Crippen molar-refractivity contribution < 1.29 is 9.53 Å². The van der Waals surface area contributed by atoms with Crippen LogP contribution in [0.4, 0.5) is 5.69 Å². The molecular formula is C22H25BrN4O2S. The zero-order valence-corrected chi connectivity index (χ0v) is 20.1. The number of carbonyl (C=O) groups is 1. The van der Waals surface area contributed by atoms with Crippen molar-refractivity contribution in [2.45, 2.75) is 39.5 Å². The Morgan fingerprint density at radius 2 is 1.83 bits per heavy atom. The number of aryl methyl sites for hydroxylation is 4. The van der Waals surface area contributed by atoms with Gasteiger partial charge in [-0.1, -0.05) is 29.5 Å². The number of amides is 1. The second-order valence-electron chi connectivity index (χ2n) is 7.27. The van der Waals surface area contributed by atoms with E-state index in [4.69, 9.17) is 4.74 Å². The van der Waals surface area contributed by atoms with Gasteiger partial charge in [0.2, 0.25) is 5.91 Å². The molecule has 0 spiro atoms. The fourth-order valence-corrected chi connectivity index (χ4v) is 4.18. The number of carbonyl (C=O) groups excluding carboxylic acids is 1. The Balaban J connectivity index is 1.57. The summed E-state index contributed by atoms with van der Waals surface area (Å²) in [6.07, 6.45) is 0. The Hall–Kier alpha value is -2.32. The standard InChI is InChI=1S/C22H25BrN4O2S/c1-13-6-7-19(16(4)8-13)29-11-20-25-26-22(27(20)5)30-12-21(28)24-18-10-15(3)14(2)9-17(18)23/h6-10H,11-12H2,1-5H3,(H,24,28). The molecule has 1 N–H and O–H groups in total. The van der Waals surface area contributed by atoms with Crippen LogP contribution < -0.4 is 10.1 Å². The Labute approximate surface area is 189 Å². The first-order valence-corrected chi connectivity index (χ1v) is 11.3. The highest BCUT2D eigenvalue weighted by atomic mass is 79.9. The monoisotopic (exact) mass is 488 g/mol. The van der Waals surface area contributed by atoms with E-state index in [1.54, 1.807) is 0 Å². The summed E-state index contributed by atoms with van der Waals surface area (Å²) in [5, 5.41) is 12.0. The van der Waals surface area contributed by atoms with Gasteiger partial charge in [0.1, 0.15) is 12.4 Å². The van der Waals surface area contributed by atoms with E-state index < -0.39 is 0 Å². The fraction of sp³-hybridized carbons (Fsp3) is 0.318. The normalized spacial score (nSPS) is 10.9. The molecule has 1 amide bonds. The average Bonchev–Trinajstić information content (AvgIpc) is 3.03. The molecule has 6 nitrogen and oxygen atoms in total. The number of hydrogen-bond donors (Lipinski definition) is 1. The molecule has 0 aliphatic carbocycles. The van der Waals surface area contributed by atoms with E-state index in [9.17, 15) is 4.79 Å². The molecule has 0 fully saturated rings. The van der Waals surface area contributed by atoms with Gasteiger partial charge in [-0.05, 0) is 78.5 Å². The molecule has 0 saturated carbocycles.